The number of rotatable bonds is 1. The van der Waals surface area contributed by atoms with Crippen molar-refractivity contribution in [1.82, 2.24) is 4.90 Å². The molecule has 4 heteroatoms. The Morgan fingerprint density at radius 2 is 1.75 bits per heavy atom. The Kier molecular flexibility index (Phi) is 5.56. The van der Waals surface area contributed by atoms with Gasteiger partial charge in [-0.15, -0.1) is 12.4 Å². The standard InChI is InChI=1S/C12H22N2O.ClH/c13-11-6-4-5-10(9-11)12(15)14-7-2-1-3-8-14;/h10-11H,1-9,13H2;1H/t10-,11+;/m0./s1. The van der Waals surface area contributed by atoms with Gasteiger partial charge >= 0.3 is 0 Å². The smallest absolute Gasteiger partial charge is 0.225 e. The third-order valence-electron chi connectivity index (χ3n) is 3.73. The average molecular weight is 247 g/mol. The zero-order valence-electron chi connectivity index (χ0n) is 9.86. The molecule has 1 aliphatic carbocycles. The van der Waals surface area contributed by atoms with Gasteiger partial charge in [0.15, 0.2) is 0 Å². The van der Waals surface area contributed by atoms with E-state index in [0.717, 1.165) is 38.8 Å². The summed E-state index contributed by atoms with van der Waals surface area (Å²) in [4.78, 5) is 14.2. The Bertz CT molecular complexity index is 229. The number of likely N-dealkylation sites (tertiary alicyclic amines) is 1. The summed E-state index contributed by atoms with van der Waals surface area (Å²) < 4.78 is 0. The van der Waals surface area contributed by atoms with Crippen LogP contribution in [0.3, 0.4) is 0 Å². The van der Waals surface area contributed by atoms with E-state index in [1.807, 2.05) is 0 Å². The van der Waals surface area contributed by atoms with Gasteiger partial charge in [0.05, 0.1) is 0 Å². The van der Waals surface area contributed by atoms with E-state index in [0.29, 0.717) is 5.91 Å². The highest BCUT2D eigenvalue weighted by atomic mass is 35.5. The van der Waals surface area contributed by atoms with Crippen LogP contribution in [0.15, 0.2) is 0 Å². The predicted molar refractivity (Wildman–Crippen MR) is 67.6 cm³/mol. The van der Waals surface area contributed by atoms with Crippen LogP contribution in [0.4, 0.5) is 0 Å². The van der Waals surface area contributed by atoms with Crippen LogP contribution in [0.5, 0.6) is 0 Å². The lowest BCUT2D eigenvalue weighted by Gasteiger charge is -2.33. The van der Waals surface area contributed by atoms with Gasteiger partial charge in [0, 0.05) is 25.0 Å². The molecular weight excluding hydrogens is 224 g/mol. The largest absolute Gasteiger partial charge is 0.342 e. The lowest BCUT2D eigenvalue weighted by atomic mass is 9.85. The van der Waals surface area contributed by atoms with Crippen LogP contribution in [0.1, 0.15) is 44.9 Å². The minimum atomic E-state index is 0. The fraction of sp³-hybridized carbons (Fsp3) is 0.917. The summed E-state index contributed by atoms with van der Waals surface area (Å²) in [6.45, 7) is 1.95. The molecule has 0 bridgehead atoms. The van der Waals surface area contributed by atoms with Crippen molar-refractivity contribution >= 4 is 18.3 Å². The topological polar surface area (TPSA) is 46.3 Å². The van der Waals surface area contributed by atoms with Crippen molar-refractivity contribution in [3.05, 3.63) is 0 Å². The van der Waals surface area contributed by atoms with Gasteiger partial charge in [-0.05, 0) is 38.5 Å². The van der Waals surface area contributed by atoms with Crippen molar-refractivity contribution in [3.63, 3.8) is 0 Å². The fourth-order valence-corrected chi connectivity index (χ4v) is 2.82. The van der Waals surface area contributed by atoms with Crippen LogP contribution < -0.4 is 5.73 Å². The normalized spacial score (nSPS) is 30.7. The molecule has 2 atom stereocenters. The Labute approximate surface area is 104 Å². The lowest BCUT2D eigenvalue weighted by molar-refractivity contribution is -0.137. The molecule has 2 N–H and O–H groups in total. The van der Waals surface area contributed by atoms with Crippen LogP contribution in [0.25, 0.3) is 0 Å². The number of nitrogens with two attached hydrogens (primary N) is 1. The second-order valence-electron chi connectivity index (χ2n) is 5.01. The zero-order chi connectivity index (χ0) is 10.7. The predicted octanol–water partition coefficient (Wildman–Crippen LogP) is 1.94. The second kappa shape index (κ2) is 6.45. The first kappa shape index (κ1) is 13.8. The Morgan fingerprint density at radius 1 is 1.06 bits per heavy atom. The molecule has 0 aromatic rings. The van der Waals surface area contributed by atoms with Crippen molar-refractivity contribution in [1.29, 1.82) is 0 Å². The number of piperidine rings is 1. The van der Waals surface area contributed by atoms with E-state index >= 15 is 0 Å². The van der Waals surface area contributed by atoms with E-state index in [1.165, 1.54) is 19.3 Å². The molecule has 2 aliphatic rings. The third kappa shape index (κ3) is 3.36. The van der Waals surface area contributed by atoms with E-state index < -0.39 is 0 Å². The number of hydrogen-bond donors (Lipinski definition) is 1. The van der Waals surface area contributed by atoms with Crippen LogP contribution >= 0.6 is 12.4 Å². The van der Waals surface area contributed by atoms with Crippen molar-refractivity contribution in [2.75, 3.05) is 13.1 Å². The monoisotopic (exact) mass is 246 g/mol. The van der Waals surface area contributed by atoms with Crippen LogP contribution in [0, 0.1) is 5.92 Å². The summed E-state index contributed by atoms with van der Waals surface area (Å²) in [5.41, 5.74) is 5.92. The molecule has 94 valence electrons. The quantitative estimate of drug-likeness (QED) is 0.769. The molecule has 0 spiro atoms. The van der Waals surface area contributed by atoms with Gasteiger partial charge in [0.1, 0.15) is 0 Å². The first-order valence-corrected chi connectivity index (χ1v) is 6.32. The SMILES string of the molecule is Cl.N[C@@H]1CCC[C@H](C(=O)N2CCCCC2)C1. The van der Waals surface area contributed by atoms with E-state index in [9.17, 15) is 4.79 Å². The molecule has 0 aromatic carbocycles. The van der Waals surface area contributed by atoms with Gasteiger partial charge in [0.25, 0.3) is 0 Å². The molecule has 1 saturated heterocycles. The minimum Gasteiger partial charge on any atom is -0.342 e. The van der Waals surface area contributed by atoms with E-state index in [1.54, 1.807) is 0 Å². The van der Waals surface area contributed by atoms with Crippen LogP contribution in [0.2, 0.25) is 0 Å². The Balaban J connectivity index is 0.00000128. The van der Waals surface area contributed by atoms with Crippen molar-refractivity contribution in [2.24, 2.45) is 11.7 Å². The van der Waals surface area contributed by atoms with E-state index in [2.05, 4.69) is 4.90 Å². The molecular formula is C12H23ClN2O. The van der Waals surface area contributed by atoms with E-state index in [4.69, 9.17) is 5.73 Å². The number of carbonyl (C=O) groups is 1. The van der Waals surface area contributed by atoms with E-state index in [-0.39, 0.29) is 24.4 Å². The maximum absolute atomic E-state index is 12.2. The first-order chi connectivity index (χ1) is 7.27. The molecule has 1 aliphatic heterocycles. The molecule has 2 fully saturated rings. The number of nitrogens with zero attached hydrogens (tertiary/aromatic N) is 1. The fourth-order valence-electron chi connectivity index (χ4n) is 2.82. The molecule has 1 heterocycles. The van der Waals surface area contributed by atoms with Crippen molar-refractivity contribution < 1.29 is 4.79 Å². The minimum absolute atomic E-state index is 0. The molecule has 0 aromatic heterocycles. The van der Waals surface area contributed by atoms with Crippen LogP contribution in [-0.4, -0.2) is 29.9 Å². The molecule has 0 radical (unpaired) electrons. The molecule has 3 nitrogen and oxygen atoms in total. The molecule has 1 amide bonds. The summed E-state index contributed by atoms with van der Waals surface area (Å²) in [5.74, 6) is 0.608. The summed E-state index contributed by atoms with van der Waals surface area (Å²) in [6.07, 6.45) is 7.86. The summed E-state index contributed by atoms with van der Waals surface area (Å²) in [7, 11) is 0. The molecule has 2 rings (SSSR count). The highest BCUT2D eigenvalue weighted by Gasteiger charge is 2.29. The van der Waals surface area contributed by atoms with Crippen molar-refractivity contribution in [3.8, 4) is 0 Å². The maximum atomic E-state index is 12.2. The summed E-state index contributed by atoms with van der Waals surface area (Å²) in [5, 5.41) is 0. The number of carbonyl (C=O) groups excluding carboxylic acids is 1. The van der Waals surface area contributed by atoms with Gasteiger partial charge in [-0.2, -0.15) is 0 Å². The zero-order valence-corrected chi connectivity index (χ0v) is 10.7. The Hall–Kier alpha value is -0.280. The summed E-state index contributed by atoms with van der Waals surface area (Å²) in [6, 6.07) is 0.262. The molecule has 1 saturated carbocycles. The maximum Gasteiger partial charge on any atom is 0.225 e. The highest BCUT2D eigenvalue weighted by Crippen LogP contribution is 2.26. The average Bonchev–Trinajstić information content (AvgIpc) is 2.29. The van der Waals surface area contributed by atoms with Gasteiger partial charge < -0.3 is 10.6 Å². The number of amides is 1. The molecule has 16 heavy (non-hydrogen) atoms. The highest BCUT2D eigenvalue weighted by molar-refractivity contribution is 5.85. The van der Waals surface area contributed by atoms with Crippen molar-refractivity contribution in [2.45, 2.75) is 51.0 Å². The van der Waals surface area contributed by atoms with Crippen LogP contribution in [-0.2, 0) is 4.79 Å². The number of hydrogen-bond acceptors (Lipinski definition) is 2. The Morgan fingerprint density at radius 3 is 2.38 bits per heavy atom. The third-order valence-corrected chi connectivity index (χ3v) is 3.73. The second-order valence-corrected chi connectivity index (χ2v) is 5.01. The summed E-state index contributed by atoms with van der Waals surface area (Å²) >= 11 is 0. The first-order valence-electron chi connectivity index (χ1n) is 6.32. The van der Waals surface area contributed by atoms with Gasteiger partial charge in [-0.1, -0.05) is 6.42 Å². The van der Waals surface area contributed by atoms with Gasteiger partial charge in [0.2, 0.25) is 5.91 Å². The van der Waals surface area contributed by atoms with Gasteiger partial charge in [-0.25, -0.2) is 0 Å². The lowest BCUT2D eigenvalue weighted by Crippen LogP contribution is -2.42. The molecule has 0 unspecified atom stereocenters. The number of halogens is 1. The van der Waals surface area contributed by atoms with Gasteiger partial charge in [-0.3, -0.25) is 4.79 Å².